The maximum atomic E-state index is 13.1. The first-order chi connectivity index (χ1) is 15.6. The van der Waals surface area contributed by atoms with Crippen molar-refractivity contribution < 1.29 is 19.1 Å². The predicted molar refractivity (Wildman–Crippen MR) is 126 cm³/mol. The van der Waals surface area contributed by atoms with Crippen molar-refractivity contribution in [1.29, 1.82) is 0 Å². The van der Waals surface area contributed by atoms with Crippen LogP contribution in [-0.2, 0) is 9.47 Å². The van der Waals surface area contributed by atoms with Gasteiger partial charge in [0.2, 0.25) is 0 Å². The number of aromatic nitrogens is 1. The highest BCUT2D eigenvalue weighted by molar-refractivity contribution is 6.10. The zero-order chi connectivity index (χ0) is 22.2. The summed E-state index contributed by atoms with van der Waals surface area (Å²) in [6, 6.07) is 15.8. The highest BCUT2D eigenvalue weighted by atomic mass is 16.5. The third-order valence-corrected chi connectivity index (χ3v) is 6.68. The Kier molecular flexibility index (Phi) is 5.33. The van der Waals surface area contributed by atoms with Crippen molar-refractivity contribution in [3.05, 3.63) is 65.4 Å². The van der Waals surface area contributed by atoms with Crippen LogP contribution in [0, 0.1) is 0 Å². The number of carbonyl (C=O) groups is 2. The monoisotopic (exact) mass is 429 g/mol. The van der Waals surface area contributed by atoms with Crippen molar-refractivity contribution in [2.45, 2.75) is 44.9 Å². The van der Waals surface area contributed by atoms with E-state index < -0.39 is 0 Å². The average molecular weight is 430 g/mol. The molecule has 1 aliphatic rings. The third kappa shape index (κ3) is 3.24. The van der Waals surface area contributed by atoms with Crippen LogP contribution >= 0.6 is 0 Å². The largest absolute Gasteiger partial charge is 0.465 e. The molecular weight excluding hydrogens is 402 g/mol. The lowest BCUT2D eigenvalue weighted by Gasteiger charge is -2.22. The van der Waals surface area contributed by atoms with Crippen LogP contribution in [0.4, 0.5) is 0 Å². The van der Waals surface area contributed by atoms with Gasteiger partial charge in [0, 0.05) is 10.8 Å². The first kappa shape index (κ1) is 20.6. The second kappa shape index (κ2) is 8.30. The van der Waals surface area contributed by atoms with Crippen LogP contribution in [-0.4, -0.2) is 30.1 Å². The van der Waals surface area contributed by atoms with E-state index in [-0.39, 0.29) is 11.9 Å². The minimum atomic E-state index is -0.389. The molecule has 1 saturated carbocycles. The summed E-state index contributed by atoms with van der Waals surface area (Å²) >= 11 is 0. The van der Waals surface area contributed by atoms with Crippen molar-refractivity contribution in [3.8, 4) is 0 Å². The van der Waals surface area contributed by atoms with Crippen LogP contribution < -0.4 is 0 Å². The van der Waals surface area contributed by atoms with E-state index in [9.17, 15) is 9.59 Å². The number of ether oxygens (including phenoxy) is 2. The van der Waals surface area contributed by atoms with Crippen molar-refractivity contribution in [3.63, 3.8) is 0 Å². The summed E-state index contributed by atoms with van der Waals surface area (Å²) < 4.78 is 12.4. The molecule has 32 heavy (non-hydrogen) atoms. The van der Waals surface area contributed by atoms with Crippen molar-refractivity contribution >= 4 is 39.1 Å². The molecular formula is C27H27NO4. The standard InChI is InChI=1S/C27H27NO4/c1-3-32-27(30)23-15-18-11-7-8-12-20(18)25-24(17-9-5-4-6-10-17)21-14-13-19(26(29)31-2)16-22(21)28(23)25/h7-8,11-17H,3-6,9-10H2,1-2H3. The molecule has 0 amide bonds. The van der Waals surface area contributed by atoms with Gasteiger partial charge in [-0.05, 0) is 54.8 Å². The Morgan fingerprint density at radius 1 is 0.969 bits per heavy atom. The van der Waals surface area contributed by atoms with E-state index in [4.69, 9.17) is 9.47 Å². The fraction of sp³-hybridized carbons (Fsp3) is 0.333. The molecule has 0 radical (unpaired) electrons. The fourth-order valence-electron chi connectivity index (χ4n) is 5.28. The van der Waals surface area contributed by atoms with Crippen molar-refractivity contribution in [2.75, 3.05) is 13.7 Å². The van der Waals surface area contributed by atoms with Crippen molar-refractivity contribution in [1.82, 2.24) is 4.40 Å². The van der Waals surface area contributed by atoms with E-state index in [0.29, 0.717) is 23.8 Å². The second-order valence-electron chi connectivity index (χ2n) is 8.49. The number of rotatable bonds is 4. The minimum absolute atomic E-state index is 0.301. The van der Waals surface area contributed by atoms with E-state index in [1.807, 2.05) is 53.8 Å². The molecule has 1 aliphatic carbocycles. The van der Waals surface area contributed by atoms with Gasteiger partial charge in [-0.15, -0.1) is 0 Å². The number of benzene rings is 2. The smallest absolute Gasteiger partial charge is 0.355 e. The molecule has 0 spiro atoms. The summed E-state index contributed by atoms with van der Waals surface area (Å²) in [7, 11) is 1.38. The van der Waals surface area contributed by atoms with Gasteiger partial charge in [0.05, 0.1) is 30.3 Å². The summed E-state index contributed by atoms with van der Waals surface area (Å²) in [4.78, 5) is 25.4. The van der Waals surface area contributed by atoms with Gasteiger partial charge in [-0.25, -0.2) is 9.59 Å². The number of fused-ring (bicyclic) bond motifs is 5. The molecule has 0 N–H and O–H groups in total. The molecule has 0 bridgehead atoms. The lowest BCUT2D eigenvalue weighted by molar-refractivity contribution is 0.0517. The molecule has 5 heteroatoms. The number of carbonyl (C=O) groups excluding carboxylic acids is 2. The maximum Gasteiger partial charge on any atom is 0.355 e. The van der Waals surface area contributed by atoms with Crippen LogP contribution in [0.2, 0.25) is 0 Å². The SMILES string of the molecule is CCOC(=O)c1cc2ccccc2c2c(C3CCCCC3)c3ccc(C(=O)OC)cc3n12. The minimum Gasteiger partial charge on any atom is -0.465 e. The van der Waals surface area contributed by atoms with E-state index in [1.165, 1.54) is 31.9 Å². The third-order valence-electron chi connectivity index (χ3n) is 6.68. The molecule has 4 aromatic rings. The average Bonchev–Trinajstić information content (AvgIpc) is 3.18. The maximum absolute atomic E-state index is 13.1. The van der Waals surface area contributed by atoms with Crippen LogP contribution in [0.1, 0.15) is 71.4 Å². The highest BCUT2D eigenvalue weighted by Gasteiger charge is 2.27. The molecule has 2 aromatic heterocycles. The normalized spacial score (nSPS) is 14.8. The molecule has 0 aliphatic heterocycles. The summed E-state index contributed by atoms with van der Waals surface area (Å²) in [5, 5.41) is 3.21. The molecule has 2 heterocycles. The molecule has 164 valence electrons. The number of hydrogen-bond donors (Lipinski definition) is 0. The molecule has 5 nitrogen and oxygen atoms in total. The summed E-state index contributed by atoms with van der Waals surface area (Å²) in [5.74, 6) is -0.334. The van der Waals surface area contributed by atoms with E-state index in [0.717, 1.165) is 40.0 Å². The summed E-state index contributed by atoms with van der Waals surface area (Å²) in [6.07, 6.45) is 5.94. The first-order valence-corrected chi connectivity index (χ1v) is 11.4. The number of nitrogens with zero attached hydrogens (tertiary/aromatic N) is 1. The van der Waals surface area contributed by atoms with Gasteiger partial charge in [-0.2, -0.15) is 0 Å². The van der Waals surface area contributed by atoms with Crippen LogP contribution in [0.5, 0.6) is 0 Å². The summed E-state index contributed by atoms with van der Waals surface area (Å²) in [5.41, 5.74) is 4.12. The Labute approximate surface area is 186 Å². The fourth-order valence-corrected chi connectivity index (χ4v) is 5.28. The van der Waals surface area contributed by atoms with E-state index in [1.54, 1.807) is 0 Å². The number of hydrogen-bond acceptors (Lipinski definition) is 4. The van der Waals surface area contributed by atoms with Crippen LogP contribution in [0.15, 0.2) is 48.5 Å². The lowest BCUT2D eigenvalue weighted by Crippen LogP contribution is -2.11. The van der Waals surface area contributed by atoms with E-state index in [2.05, 4.69) is 6.07 Å². The Bertz CT molecular complexity index is 1340. The number of esters is 2. The van der Waals surface area contributed by atoms with Gasteiger partial charge in [0.25, 0.3) is 0 Å². The van der Waals surface area contributed by atoms with Crippen LogP contribution in [0.25, 0.3) is 27.2 Å². The lowest BCUT2D eigenvalue weighted by atomic mass is 9.82. The number of methoxy groups -OCH3 is 1. The van der Waals surface area contributed by atoms with Gasteiger partial charge in [0.15, 0.2) is 0 Å². The van der Waals surface area contributed by atoms with Crippen LogP contribution in [0.3, 0.4) is 0 Å². The molecule has 5 rings (SSSR count). The molecule has 0 saturated heterocycles. The Hall–Kier alpha value is -3.34. The molecule has 0 unspecified atom stereocenters. The zero-order valence-corrected chi connectivity index (χ0v) is 18.5. The quantitative estimate of drug-likeness (QED) is 0.360. The van der Waals surface area contributed by atoms with Gasteiger partial charge in [-0.1, -0.05) is 49.6 Å². The Morgan fingerprint density at radius 3 is 2.50 bits per heavy atom. The van der Waals surface area contributed by atoms with Gasteiger partial charge in [-0.3, -0.25) is 0 Å². The van der Waals surface area contributed by atoms with Gasteiger partial charge >= 0.3 is 11.9 Å². The molecule has 1 fully saturated rings. The van der Waals surface area contributed by atoms with Gasteiger partial charge in [0.1, 0.15) is 5.69 Å². The molecule has 2 aromatic carbocycles. The Morgan fingerprint density at radius 2 is 1.75 bits per heavy atom. The number of pyridine rings is 1. The molecule has 0 atom stereocenters. The zero-order valence-electron chi connectivity index (χ0n) is 18.5. The predicted octanol–water partition coefficient (Wildman–Crippen LogP) is 6.26. The second-order valence-corrected chi connectivity index (χ2v) is 8.49. The summed E-state index contributed by atoms with van der Waals surface area (Å²) in [6.45, 7) is 2.11. The highest BCUT2D eigenvalue weighted by Crippen LogP contribution is 2.43. The van der Waals surface area contributed by atoms with E-state index >= 15 is 0 Å². The van der Waals surface area contributed by atoms with Gasteiger partial charge < -0.3 is 13.9 Å². The first-order valence-electron chi connectivity index (χ1n) is 11.4. The topological polar surface area (TPSA) is 57.0 Å². The van der Waals surface area contributed by atoms with Crippen molar-refractivity contribution in [2.24, 2.45) is 0 Å². The Balaban J connectivity index is 1.95.